The number of hydrogen-bond donors (Lipinski definition) is 0. The van der Waals surface area contributed by atoms with E-state index in [1.54, 1.807) is 9.58 Å². The van der Waals surface area contributed by atoms with Crippen LogP contribution in [-0.2, 0) is 26.6 Å². The smallest absolute Gasteiger partial charge is 0.292 e. The summed E-state index contributed by atoms with van der Waals surface area (Å²) >= 11 is 0. The zero-order chi connectivity index (χ0) is 17.6. The second-order valence-electron chi connectivity index (χ2n) is 6.49. The molecule has 1 saturated heterocycles. The lowest BCUT2D eigenvalue weighted by Crippen LogP contribution is -2.42. The summed E-state index contributed by atoms with van der Waals surface area (Å²) in [6, 6.07) is 7.63. The van der Waals surface area contributed by atoms with Crippen LogP contribution < -0.4 is 4.90 Å². The number of carbonyl (C=O) groups excluding carboxylic acids is 1. The largest absolute Gasteiger partial charge is 0.336 e. The number of anilines is 1. The molecule has 2 aromatic rings. The van der Waals surface area contributed by atoms with Crippen LogP contribution in [0.2, 0.25) is 0 Å². The minimum Gasteiger partial charge on any atom is -0.336 e. The number of rotatable bonds is 4. The van der Waals surface area contributed by atoms with Gasteiger partial charge in [-0.2, -0.15) is 0 Å². The van der Waals surface area contributed by atoms with Crippen molar-refractivity contribution < 1.29 is 14.3 Å². The second-order valence-corrected chi connectivity index (χ2v) is 6.49. The van der Waals surface area contributed by atoms with E-state index in [1.165, 1.54) is 0 Å². The quantitative estimate of drug-likeness (QED) is 0.840. The van der Waals surface area contributed by atoms with Crippen LogP contribution in [0.1, 0.15) is 17.2 Å². The first-order chi connectivity index (χ1) is 12.8. The van der Waals surface area contributed by atoms with Crippen LogP contribution in [-0.4, -0.2) is 40.7 Å². The Hall–Kier alpha value is -2.77. The monoisotopic (exact) mass is 350 g/mol. The van der Waals surface area contributed by atoms with Gasteiger partial charge >= 0.3 is 0 Å². The van der Waals surface area contributed by atoms with E-state index in [4.69, 9.17) is 9.47 Å². The number of aromatic nitrogens is 3. The fraction of sp³-hybridized carbons (Fsp3) is 0.316. The molecule has 5 rings (SSSR count). The highest BCUT2D eigenvalue weighted by molar-refractivity contribution is 6.06. The van der Waals surface area contributed by atoms with Crippen molar-refractivity contribution in [2.75, 3.05) is 24.7 Å². The number of fused-ring (bicyclic) bond motifs is 2. The molecule has 0 bridgehead atoms. The van der Waals surface area contributed by atoms with Gasteiger partial charge in [-0.25, -0.2) is 0 Å². The second kappa shape index (κ2) is 5.89. The third kappa shape index (κ3) is 2.24. The van der Waals surface area contributed by atoms with E-state index in [0.717, 1.165) is 16.9 Å². The molecule has 0 N–H and O–H groups in total. The lowest BCUT2D eigenvalue weighted by atomic mass is 10.1. The highest BCUT2D eigenvalue weighted by Crippen LogP contribution is 2.45. The molecule has 7 nitrogen and oxygen atoms in total. The summed E-state index contributed by atoms with van der Waals surface area (Å²) in [6.07, 6.45) is 10.1. The molecular weight excluding hydrogens is 332 g/mol. The molecule has 26 heavy (non-hydrogen) atoms. The molecule has 132 valence electrons. The number of benzene rings is 1. The van der Waals surface area contributed by atoms with Gasteiger partial charge in [-0.1, -0.05) is 47.7 Å². The van der Waals surface area contributed by atoms with E-state index in [0.29, 0.717) is 26.3 Å². The first kappa shape index (κ1) is 15.5. The van der Waals surface area contributed by atoms with Crippen LogP contribution >= 0.6 is 0 Å². The van der Waals surface area contributed by atoms with Crippen molar-refractivity contribution in [3.8, 4) is 0 Å². The Morgan fingerprint density at radius 2 is 1.88 bits per heavy atom. The van der Waals surface area contributed by atoms with E-state index in [2.05, 4.69) is 22.5 Å². The van der Waals surface area contributed by atoms with Gasteiger partial charge in [0, 0.05) is 24.2 Å². The number of para-hydroxylation sites is 1. The van der Waals surface area contributed by atoms with Crippen molar-refractivity contribution in [3.05, 3.63) is 66.0 Å². The highest BCUT2D eigenvalue weighted by Gasteiger charge is 2.55. The number of amides is 1. The standard InChI is InChI=1S/C19H18N4O3/c24-18-19(25-11-12-26-19)15-7-3-4-8-17(15)23(18)10-9-22-13-16(20-21-22)14-5-1-2-6-14/h1-8,13-14H,9-12H2. The van der Waals surface area contributed by atoms with Crippen molar-refractivity contribution >= 4 is 11.6 Å². The molecule has 0 saturated carbocycles. The molecule has 7 heteroatoms. The van der Waals surface area contributed by atoms with Gasteiger partial charge in [0.05, 0.1) is 31.1 Å². The Bertz CT molecular complexity index is 899. The first-order valence-corrected chi connectivity index (χ1v) is 8.72. The number of carbonyl (C=O) groups is 1. The topological polar surface area (TPSA) is 69.5 Å². The maximum absolute atomic E-state index is 13.0. The summed E-state index contributed by atoms with van der Waals surface area (Å²) in [5.41, 5.74) is 2.52. The zero-order valence-corrected chi connectivity index (χ0v) is 14.1. The molecule has 1 spiro atoms. The van der Waals surface area contributed by atoms with Gasteiger partial charge in [-0.3, -0.25) is 9.48 Å². The molecule has 1 aromatic heterocycles. The summed E-state index contributed by atoms with van der Waals surface area (Å²) in [5.74, 6) is -1.26. The fourth-order valence-corrected chi connectivity index (χ4v) is 3.71. The van der Waals surface area contributed by atoms with E-state index in [1.807, 2.05) is 42.6 Å². The Morgan fingerprint density at radius 3 is 2.69 bits per heavy atom. The van der Waals surface area contributed by atoms with Gasteiger partial charge in [0.25, 0.3) is 11.7 Å². The van der Waals surface area contributed by atoms with E-state index in [9.17, 15) is 4.79 Å². The van der Waals surface area contributed by atoms with Gasteiger partial charge in [-0.15, -0.1) is 5.10 Å². The van der Waals surface area contributed by atoms with Crippen molar-refractivity contribution in [2.24, 2.45) is 0 Å². The van der Waals surface area contributed by atoms with Crippen molar-refractivity contribution in [3.63, 3.8) is 0 Å². The average Bonchev–Trinajstić information content (AvgIpc) is 3.44. The summed E-state index contributed by atoms with van der Waals surface area (Å²) in [4.78, 5) is 14.8. The normalized spacial score (nSPS) is 20.6. The molecule has 2 aliphatic heterocycles. The van der Waals surface area contributed by atoms with Crippen molar-refractivity contribution in [1.82, 2.24) is 15.0 Å². The van der Waals surface area contributed by atoms with E-state index >= 15 is 0 Å². The third-order valence-corrected chi connectivity index (χ3v) is 4.97. The number of nitrogens with zero attached hydrogens (tertiary/aromatic N) is 4. The van der Waals surface area contributed by atoms with Gasteiger partial charge < -0.3 is 14.4 Å². The van der Waals surface area contributed by atoms with Crippen LogP contribution in [0, 0.1) is 0 Å². The lowest BCUT2D eigenvalue weighted by molar-refractivity contribution is -0.180. The Labute approximate surface area is 150 Å². The maximum Gasteiger partial charge on any atom is 0.292 e. The molecule has 0 unspecified atom stereocenters. The molecule has 0 radical (unpaired) electrons. The number of allylic oxidation sites excluding steroid dienone is 4. The average molecular weight is 350 g/mol. The summed E-state index contributed by atoms with van der Waals surface area (Å²) in [7, 11) is 0. The molecule has 0 atom stereocenters. The van der Waals surface area contributed by atoms with Gasteiger partial charge in [-0.05, 0) is 6.07 Å². The molecule has 1 aromatic carbocycles. The number of ether oxygens (including phenoxy) is 2. The van der Waals surface area contributed by atoms with Crippen LogP contribution in [0.15, 0.2) is 54.8 Å². The van der Waals surface area contributed by atoms with Gasteiger partial charge in [0.2, 0.25) is 0 Å². The third-order valence-electron chi connectivity index (χ3n) is 4.97. The van der Waals surface area contributed by atoms with Crippen LogP contribution in [0.4, 0.5) is 5.69 Å². The molecule has 3 heterocycles. The SMILES string of the molecule is O=C1N(CCn2cc(C3C=CC=C3)nn2)c2ccccc2C12OCCO2. The van der Waals surface area contributed by atoms with Crippen molar-refractivity contribution in [2.45, 2.75) is 18.2 Å². The molecule has 1 amide bonds. The van der Waals surface area contributed by atoms with E-state index in [-0.39, 0.29) is 11.8 Å². The lowest BCUT2D eigenvalue weighted by Gasteiger charge is -2.22. The van der Waals surface area contributed by atoms with Crippen LogP contribution in [0.3, 0.4) is 0 Å². The van der Waals surface area contributed by atoms with Crippen LogP contribution in [0.25, 0.3) is 0 Å². The fourth-order valence-electron chi connectivity index (χ4n) is 3.71. The summed E-state index contributed by atoms with van der Waals surface area (Å²) in [6.45, 7) is 1.86. The van der Waals surface area contributed by atoms with Gasteiger partial charge in [0.15, 0.2) is 0 Å². The minimum absolute atomic E-state index is 0.168. The van der Waals surface area contributed by atoms with E-state index < -0.39 is 5.79 Å². The molecule has 1 aliphatic carbocycles. The predicted molar refractivity (Wildman–Crippen MR) is 93.4 cm³/mol. The summed E-state index contributed by atoms with van der Waals surface area (Å²) in [5, 5.41) is 8.43. The molecule has 3 aliphatic rings. The predicted octanol–water partition coefficient (Wildman–Crippen LogP) is 1.73. The maximum atomic E-state index is 13.0. The molecular formula is C19H18N4O3. The Kier molecular flexibility index (Phi) is 3.51. The molecule has 1 fully saturated rings. The van der Waals surface area contributed by atoms with Crippen LogP contribution in [0.5, 0.6) is 0 Å². The highest BCUT2D eigenvalue weighted by atomic mass is 16.7. The number of hydrogen-bond acceptors (Lipinski definition) is 5. The van der Waals surface area contributed by atoms with Crippen molar-refractivity contribution in [1.29, 1.82) is 0 Å². The summed E-state index contributed by atoms with van der Waals surface area (Å²) < 4.78 is 13.2. The Balaban J connectivity index is 1.37. The zero-order valence-electron chi connectivity index (χ0n) is 14.1. The minimum atomic E-state index is -1.27. The first-order valence-electron chi connectivity index (χ1n) is 8.72. The Morgan fingerprint density at radius 1 is 1.12 bits per heavy atom. The van der Waals surface area contributed by atoms with Gasteiger partial charge in [0.1, 0.15) is 0 Å².